The summed E-state index contributed by atoms with van der Waals surface area (Å²) in [5.74, 6) is -4.84. The van der Waals surface area contributed by atoms with Crippen molar-refractivity contribution in [1.29, 1.82) is 0 Å². The number of hydrogen-bond acceptors (Lipinski definition) is 1. The molecular weight excluding hydrogens is 267 g/mol. The maximum absolute atomic E-state index is 14.1. The van der Waals surface area contributed by atoms with Gasteiger partial charge in [-0.25, -0.2) is 0 Å². The molecule has 2 aliphatic rings. The van der Waals surface area contributed by atoms with Crippen molar-refractivity contribution in [3.05, 3.63) is 17.0 Å². The number of hydrogen-bond donors (Lipinski definition) is 0. The van der Waals surface area contributed by atoms with Crippen LogP contribution in [0.5, 0.6) is 0 Å². The molecule has 1 aromatic rings. The third-order valence-corrected chi connectivity index (χ3v) is 3.74. The molecule has 1 heterocycles. The van der Waals surface area contributed by atoms with Crippen molar-refractivity contribution in [1.82, 2.24) is 9.78 Å². The summed E-state index contributed by atoms with van der Waals surface area (Å²) < 4.78 is 67.7. The Balaban J connectivity index is 2.17. The van der Waals surface area contributed by atoms with Crippen LogP contribution in [0.2, 0.25) is 0 Å². The highest BCUT2D eigenvalue weighted by Gasteiger charge is 2.68. The summed E-state index contributed by atoms with van der Waals surface area (Å²) in [6, 6.07) is 0. The Bertz CT molecular complexity index is 529. The van der Waals surface area contributed by atoms with E-state index in [0.29, 0.717) is 0 Å². The Labute approximate surface area is 106 Å². The fraction of sp³-hybridized carbons (Fsp3) is 0.750. The van der Waals surface area contributed by atoms with Gasteiger partial charge in [0.2, 0.25) is 0 Å². The van der Waals surface area contributed by atoms with E-state index in [4.69, 9.17) is 0 Å². The largest absolute Gasteiger partial charge is 0.435 e. The Kier molecular flexibility index (Phi) is 2.36. The molecule has 7 heteroatoms. The molecule has 0 unspecified atom stereocenters. The van der Waals surface area contributed by atoms with Crippen LogP contribution in [0, 0.1) is 11.8 Å². The fourth-order valence-electron chi connectivity index (χ4n) is 2.96. The molecule has 0 amide bonds. The normalized spacial score (nSPS) is 27.6. The summed E-state index contributed by atoms with van der Waals surface area (Å²) in [6.07, 6.45) is -4.53. The second-order valence-electron chi connectivity index (χ2n) is 5.76. The molecule has 1 fully saturated rings. The van der Waals surface area contributed by atoms with Gasteiger partial charge < -0.3 is 0 Å². The maximum atomic E-state index is 14.1. The highest BCUT2D eigenvalue weighted by molar-refractivity contribution is 5.46. The lowest BCUT2D eigenvalue weighted by Gasteiger charge is -2.16. The van der Waals surface area contributed by atoms with Gasteiger partial charge in [-0.1, -0.05) is 13.8 Å². The summed E-state index contributed by atoms with van der Waals surface area (Å²) in [7, 11) is 0. The summed E-state index contributed by atoms with van der Waals surface area (Å²) in [5.41, 5.74) is -1.88. The number of nitrogens with zero attached hydrogens (tertiary/aromatic N) is 2. The van der Waals surface area contributed by atoms with E-state index in [2.05, 4.69) is 5.10 Å². The van der Waals surface area contributed by atoms with E-state index < -0.39 is 35.3 Å². The molecule has 0 radical (unpaired) electrons. The number of halogens is 5. The molecule has 3 rings (SSSR count). The Hall–Kier alpha value is -1.14. The minimum Gasteiger partial charge on any atom is -0.262 e. The zero-order chi connectivity index (χ0) is 14.2. The molecule has 0 aliphatic heterocycles. The average molecular weight is 280 g/mol. The number of aromatic nitrogens is 2. The zero-order valence-corrected chi connectivity index (χ0v) is 10.4. The van der Waals surface area contributed by atoms with Crippen LogP contribution in [0.4, 0.5) is 22.0 Å². The third kappa shape index (κ3) is 1.70. The topological polar surface area (TPSA) is 17.8 Å². The zero-order valence-electron chi connectivity index (χ0n) is 10.4. The van der Waals surface area contributed by atoms with Gasteiger partial charge in [0.25, 0.3) is 5.92 Å². The van der Waals surface area contributed by atoms with Crippen LogP contribution in [0.25, 0.3) is 0 Å². The van der Waals surface area contributed by atoms with E-state index in [1.165, 1.54) is 0 Å². The average Bonchev–Trinajstić information content (AvgIpc) is 2.87. The van der Waals surface area contributed by atoms with Gasteiger partial charge in [0.15, 0.2) is 5.69 Å². The molecule has 0 N–H and O–H groups in total. The lowest BCUT2D eigenvalue weighted by Crippen LogP contribution is -2.21. The van der Waals surface area contributed by atoms with Crippen molar-refractivity contribution < 1.29 is 22.0 Å². The van der Waals surface area contributed by atoms with Gasteiger partial charge in [0.05, 0.1) is 0 Å². The van der Waals surface area contributed by atoms with Crippen LogP contribution in [-0.4, -0.2) is 9.78 Å². The lowest BCUT2D eigenvalue weighted by atomic mass is 10.1. The predicted octanol–water partition coefficient (Wildman–Crippen LogP) is 3.77. The van der Waals surface area contributed by atoms with Crippen LogP contribution in [0.15, 0.2) is 0 Å². The Morgan fingerprint density at radius 2 is 2.00 bits per heavy atom. The summed E-state index contributed by atoms with van der Waals surface area (Å²) >= 11 is 0. The first-order chi connectivity index (χ1) is 8.64. The van der Waals surface area contributed by atoms with Crippen molar-refractivity contribution in [2.24, 2.45) is 11.8 Å². The van der Waals surface area contributed by atoms with E-state index >= 15 is 0 Å². The maximum Gasteiger partial charge on any atom is 0.435 e. The van der Waals surface area contributed by atoms with Crippen LogP contribution in [0.1, 0.15) is 43.1 Å². The minimum absolute atomic E-state index is 0.0437. The monoisotopic (exact) mass is 280 g/mol. The second-order valence-corrected chi connectivity index (χ2v) is 5.76. The summed E-state index contributed by atoms with van der Waals surface area (Å²) in [5, 5.41) is 3.43. The van der Waals surface area contributed by atoms with Crippen molar-refractivity contribution >= 4 is 0 Å². The van der Waals surface area contributed by atoms with E-state index in [9.17, 15) is 22.0 Å². The highest BCUT2D eigenvalue weighted by Crippen LogP contribution is 2.68. The molecule has 0 aromatic carbocycles. The molecule has 2 atom stereocenters. The first-order valence-electron chi connectivity index (χ1n) is 6.20. The van der Waals surface area contributed by atoms with E-state index in [1.54, 1.807) is 13.8 Å². The van der Waals surface area contributed by atoms with Crippen molar-refractivity contribution in [2.45, 2.75) is 44.8 Å². The Morgan fingerprint density at radius 3 is 2.53 bits per heavy atom. The number of rotatable bonds is 2. The highest BCUT2D eigenvalue weighted by atomic mass is 19.4. The van der Waals surface area contributed by atoms with Gasteiger partial charge in [-0.2, -0.15) is 27.1 Å². The molecule has 2 aliphatic carbocycles. The van der Waals surface area contributed by atoms with Gasteiger partial charge in [-0.15, -0.1) is 0 Å². The van der Waals surface area contributed by atoms with Gasteiger partial charge in [-0.3, -0.25) is 4.68 Å². The molecule has 19 heavy (non-hydrogen) atoms. The first kappa shape index (κ1) is 12.9. The number of alkyl halides is 5. The standard InChI is InChI=1S/C12H13F5N2/c1-5(2)4-19-10-8(9(18-19)12(15,16)17)6-3-7(6)11(10,13)14/h5-7H,3-4H2,1-2H3/t6-,7+/m1/s1. The van der Waals surface area contributed by atoms with Crippen LogP contribution < -0.4 is 0 Å². The molecule has 1 saturated carbocycles. The molecular formula is C12H13F5N2. The number of fused-ring (bicyclic) bond motifs is 3. The minimum atomic E-state index is -4.67. The molecule has 0 saturated heterocycles. The smallest absolute Gasteiger partial charge is 0.262 e. The van der Waals surface area contributed by atoms with Gasteiger partial charge in [0.1, 0.15) is 5.69 Å². The van der Waals surface area contributed by atoms with Crippen molar-refractivity contribution in [2.75, 3.05) is 0 Å². The molecule has 1 aromatic heterocycles. The van der Waals surface area contributed by atoms with E-state index in [-0.39, 0.29) is 24.4 Å². The summed E-state index contributed by atoms with van der Waals surface area (Å²) in [6.45, 7) is 3.60. The van der Waals surface area contributed by atoms with Crippen LogP contribution in [-0.2, 0) is 18.6 Å². The molecule has 106 valence electrons. The van der Waals surface area contributed by atoms with Crippen molar-refractivity contribution in [3.63, 3.8) is 0 Å². The fourth-order valence-corrected chi connectivity index (χ4v) is 2.96. The quantitative estimate of drug-likeness (QED) is 0.754. The van der Waals surface area contributed by atoms with Gasteiger partial charge in [-0.05, 0) is 18.3 Å². The van der Waals surface area contributed by atoms with Gasteiger partial charge in [0, 0.05) is 18.0 Å². The lowest BCUT2D eigenvalue weighted by molar-refractivity contribution is -0.142. The van der Waals surface area contributed by atoms with Gasteiger partial charge >= 0.3 is 6.18 Å². The SMILES string of the molecule is CC(C)Cn1nc(C(F)(F)F)c2c1C(F)(F)[C@H]1C[C@@H]21. The third-order valence-electron chi connectivity index (χ3n) is 3.74. The predicted molar refractivity (Wildman–Crippen MR) is 56.8 cm³/mol. The molecule has 2 nitrogen and oxygen atoms in total. The van der Waals surface area contributed by atoms with E-state index in [1.807, 2.05) is 0 Å². The van der Waals surface area contributed by atoms with Crippen molar-refractivity contribution in [3.8, 4) is 0 Å². The molecule has 0 bridgehead atoms. The first-order valence-corrected chi connectivity index (χ1v) is 6.20. The second kappa shape index (κ2) is 3.49. The van der Waals surface area contributed by atoms with E-state index in [0.717, 1.165) is 4.68 Å². The van der Waals surface area contributed by atoms with Crippen LogP contribution >= 0.6 is 0 Å². The van der Waals surface area contributed by atoms with Crippen LogP contribution in [0.3, 0.4) is 0 Å². The molecule has 0 spiro atoms. The summed E-state index contributed by atoms with van der Waals surface area (Å²) in [4.78, 5) is 0. The Morgan fingerprint density at radius 1 is 1.37 bits per heavy atom.